The van der Waals surface area contributed by atoms with E-state index < -0.39 is 0 Å². The highest BCUT2D eigenvalue weighted by Crippen LogP contribution is 2.60. The van der Waals surface area contributed by atoms with E-state index in [-0.39, 0.29) is 5.41 Å². The van der Waals surface area contributed by atoms with Gasteiger partial charge in [-0.15, -0.1) is 0 Å². The Hall–Kier alpha value is -3.58. The first kappa shape index (κ1) is 17.9. The lowest BCUT2D eigenvalue weighted by Gasteiger charge is -2.36. The summed E-state index contributed by atoms with van der Waals surface area (Å²) < 4.78 is 0. The number of aromatic nitrogens is 1. The molecule has 0 bridgehead atoms. The molecule has 0 saturated heterocycles. The summed E-state index contributed by atoms with van der Waals surface area (Å²) in [6, 6.07) is 31.8. The van der Waals surface area contributed by atoms with Crippen LogP contribution >= 0.6 is 0 Å². The highest BCUT2D eigenvalue weighted by molar-refractivity contribution is 6.31. The molecule has 0 radical (unpaired) electrons. The SMILES string of the molecule is c1ccc2c(c1)-c1c(c3[nH]c4ccc5ccccc5c4c3c3ccccc13)C21CCCCC1. The summed E-state index contributed by atoms with van der Waals surface area (Å²) >= 11 is 0. The van der Waals surface area contributed by atoms with E-state index in [1.54, 1.807) is 11.1 Å². The molecule has 5 aromatic carbocycles. The van der Waals surface area contributed by atoms with Gasteiger partial charge in [0.05, 0.1) is 5.52 Å². The molecule has 1 spiro atoms. The smallest absolute Gasteiger partial charge is 0.0519 e. The van der Waals surface area contributed by atoms with Crippen molar-refractivity contribution in [3.63, 3.8) is 0 Å². The maximum absolute atomic E-state index is 3.97. The van der Waals surface area contributed by atoms with E-state index in [1.165, 1.54) is 86.6 Å². The van der Waals surface area contributed by atoms with Crippen molar-refractivity contribution in [3.05, 3.63) is 96.1 Å². The molecule has 0 unspecified atom stereocenters. The largest absolute Gasteiger partial charge is 0.354 e. The average Bonchev–Trinajstić information content (AvgIpc) is 3.40. The maximum Gasteiger partial charge on any atom is 0.0519 e. The van der Waals surface area contributed by atoms with Crippen molar-refractivity contribution in [2.45, 2.75) is 37.5 Å². The van der Waals surface area contributed by atoms with Crippen LogP contribution in [-0.4, -0.2) is 4.98 Å². The maximum atomic E-state index is 3.97. The second-order valence-electron chi connectivity index (χ2n) is 10.1. The molecule has 6 aromatic rings. The summed E-state index contributed by atoms with van der Waals surface area (Å²) in [6.07, 6.45) is 6.48. The van der Waals surface area contributed by atoms with Gasteiger partial charge in [0.1, 0.15) is 0 Å². The summed E-state index contributed by atoms with van der Waals surface area (Å²) in [5.74, 6) is 0. The van der Waals surface area contributed by atoms with Crippen molar-refractivity contribution in [1.82, 2.24) is 4.98 Å². The predicted octanol–water partition coefficient (Wildman–Crippen LogP) is 8.86. The Balaban J connectivity index is 1.67. The van der Waals surface area contributed by atoms with E-state index in [1.807, 2.05) is 0 Å². The lowest BCUT2D eigenvalue weighted by Crippen LogP contribution is -2.28. The summed E-state index contributed by atoms with van der Waals surface area (Å²) in [5, 5.41) is 8.23. The van der Waals surface area contributed by atoms with Crippen LogP contribution in [0.3, 0.4) is 0 Å². The van der Waals surface area contributed by atoms with Crippen molar-refractivity contribution >= 4 is 43.4 Å². The third-order valence-corrected chi connectivity index (χ3v) is 8.55. The average molecular weight is 424 g/mol. The van der Waals surface area contributed by atoms with Gasteiger partial charge in [-0.3, -0.25) is 0 Å². The molecule has 33 heavy (non-hydrogen) atoms. The molecule has 1 heteroatoms. The second kappa shape index (κ2) is 6.26. The minimum Gasteiger partial charge on any atom is -0.354 e. The first-order chi connectivity index (χ1) is 16.4. The van der Waals surface area contributed by atoms with Crippen LogP contribution < -0.4 is 0 Å². The van der Waals surface area contributed by atoms with Crippen molar-refractivity contribution in [2.75, 3.05) is 0 Å². The van der Waals surface area contributed by atoms with Gasteiger partial charge in [-0.25, -0.2) is 0 Å². The molecule has 1 heterocycles. The number of hydrogen-bond donors (Lipinski definition) is 1. The van der Waals surface area contributed by atoms with Gasteiger partial charge in [-0.2, -0.15) is 0 Å². The van der Waals surface area contributed by atoms with Gasteiger partial charge < -0.3 is 4.98 Å². The van der Waals surface area contributed by atoms with Crippen LogP contribution in [0.15, 0.2) is 84.9 Å². The first-order valence-corrected chi connectivity index (χ1v) is 12.3. The van der Waals surface area contributed by atoms with Crippen LogP contribution in [0, 0.1) is 0 Å². The molecule has 1 fully saturated rings. The minimum atomic E-state index is 0.128. The summed E-state index contributed by atoms with van der Waals surface area (Å²) in [4.78, 5) is 3.97. The zero-order valence-corrected chi connectivity index (χ0v) is 18.6. The fraction of sp³-hybridized carbons (Fsp3) is 0.188. The van der Waals surface area contributed by atoms with Crippen molar-refractivity contribution in [3.8, 4) is 11.1 Å². The Morgan fingerprint density at radius 3 is 2.21 bits per heavy atom. The zero-order chi connectivity index (χ0) is 21.6. The van der Waals surface area contributed by atoms with Crippen molar-refractivity contribution in [2.24, 2.45) is 0 Å². The number of nitrogens with one attached hydrogen (secondary N) is 1. The number of fused-ring (bicyclic) bond motifs is 14. The van der Waals surface area contributed by atoms with Gasteiger partial charge in [-0.05, 0) is 62.7 Å². The molecule has 0 aliphatic heterocycles. The van der Waals surface area contributed by atoms with E-state index in [0.717, 1.165) is 0 Å². The molecule has 2 aliphatic rings. The summed E-state index contributed by atoms with van der Waals surface area (Å²) in [7, 11) is 0. The third-order valence-electron chi connectivity index (χ3n) is 8.55. The molecule has 2 aliphatic carbocycles. The highest BCUT2D eigenvalue weighted by Gasteiger charge is 2.46. The van der Waals surface area contributed by atoms with E-state index >= 15 is 0 Å². The highest BCUT2D eigenvalue weighted by atomic mass is 14.7. The third kappa shape index (κ3) is 2.13. The topological polar surface area (TPSA) is 15.8 Å². The number of aromatic amines is 1. The molecule has 1 nitrogen and oxygen atoms in total. The van der Waals surface area contributed by atoms with Crippen LogP contribution in [0.5, 0.6) is 0 Å². The molecular formula is C32H25N. The van der Waals surface area contributed by atoms with Gasteiger partial charge in [0.2, 0.25) is 0 Å². The summed E-state index contributed by atoms with van der Waals surface area (Å²) in [5.41, 5.74) is 8.81. The lowest BCUT2D eigenvalue weighted by molar-refractivity contribution is 0.354. The molecule has 0 atom stereocenters. The molecule has 1 saturated carbocycles. The number of hydrogen-bond acceptors (Lipinski definition) is 0. The summed E-state index contributed by atoms with van der Waals surface area (Å²) in [6.45, 7) is 0. The number of rotatable bonds is 0. The van der Waals surface area contributed by atoms with Crippen molar-refractivity contribution in [1.29, 1.82) is 0 Å². The van der Waals surface area contributed by atoms with E-state index in [9.17, 15) is 0 Å². The second-order valence-corrected chi connectivity index (χ2v) is 10.1. The van der Waals surface area contributed by atoms with Gasteiger partial charge >= 0.3 is 0 Å². The molecule has 1 N–H and O–H groups in total. The Morgan fingerprint density at radius 2 is 1.33 bits per heavy atom. The van der Waals surface area contributed by atoms with Gasteiger partial charge in [0, 0.05) is 21.7 Å². The van der Waals surface area contributed by atoms with Crippen LogP contribution in [0.4, 0.5) is 0 Å². The Morgan fingerprint density at radius 1 is 0.606 bits per heavy atom. The number of benzene rings is 5. The van der Waals surface area contributed by atoms with Crippen LogP contribution in [-0.2, 0) is 5.41 Å². The van der Waals surface area contributed by atoms with Crippen LogP contribution in [0.1, 0.15) is 43.2 Å². The fourth-order valence-corrected chi connectivity index (χ4v) is 7.29. The molecular weight excluding hydrogens is 398 g/mol. The molecule has 8 rings (SSSR count). The fourth-order valence-electron chi connectivity index (χ4n) is 7.29. The monoisotopic (exact) mass is 423 g/mol. The molecule has 158 valence electrons. The Kier molecular flexibility index (Phi) is 3.40. The Labute approximate surface area is 193 Å². The van der Waals surface area contributed by atoms with Crippen LogP contribution in [0.2, 0.25) is 0 Å². The predicted molar refractivity (Wildman–Crippen MR) is 140 cm³/mol. The normalized spacial score (nSPS) is 16.7. The van der Waals surface area contributed by atoms with Gasteiger partial charge in [0.25, 0.3) is 0 Å². The molecule has 0 amide bonds. The zero-order valence-electron chi connectivity index (χ0n) is 18.6. The van der Waals surface area contributed by atoms with E-state index in [4.69, 9.17) is 0 Å². The molecule has 1 aromatic heterocycles. The van der Waals surface area contributed by atoms with Crippen LogP contribution in [0.25, 0.3) is 54.5 Å². The van der Waals surface area contributed by atoms with Crippen molar-refractivity contribution < 1.29 is 0 Å². The standard InChI is InChI=1S/C32H25N/c1-8-18-32(19-9-1)25-15-7-6-14-24(25)27-22-12-4-5-13-23(22)29-28-21-11-3-2-10-20(21)16-17-26(28)33-31(29)30(27)32/h2-7,10-17,33H,1,8-9,18-19H2. The number of H-pyrrole nitrogens is 1. The quantitative estimate of drug-likeness (QED) is 0.251. The Bertz CT molecular complexity index is 1740. The van der Waals surface area contributed by atoms with Gasteiger partial charge in [-0.1, -0.05) is 98.1 Å². The van der Waals surface area contributed by atoms with E-state index in [0.29, 0.717) is 0 Å². The van der Waals surface area contributed by atoms with E-state index in [2.05, 4.69) is 89.9 Å². The first-order valence-electron chi connectivity index (χ1n) is 12.3. The minimum absolute atomic E-state index is 0.128. The lowest BCUT2D eigenvalue weighted by atomic mass is 9.67. The van der Waals surface area contributed by atoms with Gasteiger partial charge in [0.15, 0.2) is 0 Å².